The molecule has 1 aromatic heterocycles. The summed E-state index contributed by atoms with van der Waals surface area (Å²) in [5, 5.41) is 12.3. The zero-order chi connectivity index (χ0) is 9.97. The fraction of sp³-hybridized carbons (Fsp3) is 0.125. The second-order valence-electron chi connectivity index (χ2n) is 2.66. The summed E-state index contributed by atoms with van der Waals surface area (Å²) >= 11 is 3.21. The van der Waals surface area contributed by atoms with Crippen LogP contribution in [0.3, 0.4) is 0 Å². The van der Waals surface area contributed by atoms with Gasteiger partial charge in [0, 0.05) is 24.2 Å². The molecular weight excluding hydrogens is 248 g/mol. The Kier molecular flexibility index (Phi) is 2.55. The van der Waals surface area contributed by atoms with E-state index in [1.54, 1.807) is 18.6 Å². The third-order valence-electron chi connectivity index (χ3n) is 1.70. The highest BCUT2D eigenvalue weighted by atomic mass is 79.9. The summed E-state index contributed by atoms with van der Waals surface area (Å²) in [6.45, 7) is 0. The number of hydrogen-bond donors (Lipinski definition) is 2. The summed E-state index contributed by atoms with van der Waals surface area (Å²) in [7, 11) is 0. The van der Waals surface area contributed by atoms with Crippen molar-refractivity contribution in [2.24, 2.45) is 4.99 Å². The molecule has 2 rings (SSSR count). The molecule has 6 heteroatoms. The smallest absolute Gasteiger partial charge is 0.168 e. The van der Waals surface area contributed by atoms with Gasteiger partial charge in [0.2, 0.25) is 0 Å². The van der Waals surface area contributed by atoms with Gasteiger partial charge in [-0.15, -0.1) is 0 Å². The van der Waals surface area contributed by atoms with E-state index in [0.717, 1.165) is 0 Å². The maximum absolute atomic E-state index is 9.58. The van der Waals surface area contributed by atoms with E-state index in [4.69, 9.17) is 0 Å². The number of aromatic nitrogens is 2. The zero-order valence-electron chi connectivity index (χ0n) is 7.05. The van der Waals surface area contributed by atoms with Gasteiger partial charge in [-0.05, 0) is 15.9 Å². The molecule has 0 spiro atoms. The first-order valence-corrected chi connectivity index (χ1v) is 4.70. The van der Waals surface area contributed by atoms with Crippen molar-refractivity contribution in [3.63, 3.8) is 0 Å². The van der Waals surface area contributed by atoms with Crippen LogP contribution in [0, 0.1) is 0 Å². The summed E-state index contributed by atoms with van der Waals surface area (Å²) in [4.78, 5) is 11.8. The second-order valence-corrected chi connectivity index (χ2v) is 3.47. The topological polar surface area (TPSA) is 70.4 Å². The van der Waals surface area contributed by atoms with E-state index >= 15 is 0 Å². The normalized spacial score (nSPS) is 20.9. The molecule has 1 aliphatic rings. The van der Waals surface area contributed by atoms with Gasteiger partial charge in [-0.2, -0.15) is 0 Å². The molecule has 14 heavy (non-hydrogen) atoms. The van der Waals surface area contributed by atoms with Crippen LogP contribution in [-0.4, -0.2) is 27.0 Å². The first-order chi connectivity index (χ1) is 6.77. The fourth-order valence-corrected chi connectivity index (χ4v) is 1.41. The van der Waals surface area contributed by atoms with Crippen LogP contribution in [-0.2, 0) is 0 Å². The van der Waals surface area contributed by atoms with Crippen LogP contribution in [0.4, 0.5) is 0 Å². The predicted molar refractivity (Wildman–Crippen MR) is 54.7 cm³/mol. The number of hydrogen-bond acceptors (Lipinski definition) is 5. The lowest BCUT2D eigenvalue weighted by atomic mass is 10.2. The molecule has 1 atom stereocenters. The molecule has 5 nitrogen and oxygen atoms in total. The van der Waals surface area contributed by atoms with Crippen LogP contribution in [0.15, 0.2) is 34.5 Å². The lowest BCUT2D eigenvalue weighted by Crippen LogP contribution is -2.36. The van der Waals surface area contributed by atoms with Gasteiger partial charge in [0.1, 0.15) is 16.6 Å². The van der Waals surface area contributed by atoms with Gasteiger partial charge >= 0.3 is 0 Å². The first-order valence-electron chi connectivity index (χ1n) is 3.91. The zero-order valence-corrected chi connectivity index (χ0v) is 8.64. The number of aliphatic hydroxyl groups excluding tert-OH is 1. The molecular formula is C8H7BrN4O. The van der Waals surface area contributed by atoms with Crippen molar-refractivity contribution in [3.8, 4) is 0 Å². The van der Waals surface area contributed by atoms with E-state index < -0.39 is 6.23 Å². The van der Waals surface area contributed by atoms with Crippen LogP contribution in [0.25, 0.3) is 0 Å². The Hall–Kier alpha value is -1.27. The molecule has 1 unspecified atom stereocenters. The van der Waals surface area contributed by atoms with Gasteiger partial charge < -0.3 is 10.4 Å². The Morgan fingerprint density at radius 3 is 2.79 bits per heavy atom. The number of halogens is 1. The molecule has 0 fully saturated rings. The van der Waals surface area contributed by atoms with Crippen LogP contribution >= 0.6 is 15.9 Å². The molecule has 0 radical (unpaired) electrons. The maximum Gasteiger partial charge on any atom is 0.168 e. The minimum Gasteiger partial charge on any atom is -0.368 e. The Morgan fingerprint density at radius 2 is 2.07 bits per heavy atom. The van der Waals surface area contributed by atoms with Crippen LogP contribution in [0.1, 0.15) is 5.56 Å². The van der Waals surface area contributed by atoms with Crippen molar-refractivity contribution in [1.82, 2.24) is 15.3 Å². The quantitative estimate of drug-likeness (QED) is 0.712. The third-order valence-corrected chi connectivity index (χ3v) is 2.11. The molecule has 0 saturated carbocycles. The van der Waals surface area contributed by atoms with Gasteiger partial charge in [-0.25, -0.2) is 15.0 Å². The largest absolute Gasteiger partial charge is 0.368 e. The van der Waals surface area contributed by atoms with E-state index in [9.17, 15) is 5.11 Å². The van der Waals surface area contributed by atoms with E-state index in [1.165, 1.54) is 6.33 Å². The summed E-state index contributed by atoms with van der Waals surface area (Å²) in [5.41, 5.74) is 1.19. The van der Waals surface area contributed by atoms with E-state index in [2.05, 4.69) is 36.2 Å². The third kappa shape index (κ3) is 1.80. The fourth-order valence-electron chi connectivity index (χ4n) is 1.09. The van der Waals surface area contributed by atoms with Crippen LogP contribution in [0.5, 0.6) is 0 Å². The Balaban J connectivity index is 2.38. The number of rotatable bonds is 1. The van der Waals surface area contributed by atoms with Crippen molar-refractivity contribution < 1.29 is 5.11 Å². The van der Waals surface area contributed by atoms with E-state index in [0.29, 0.717) is 15.9 Å². The summed E-state index contributed by atoms with van der Waals surface area (Å²) in [5.74, 6) is 0. The monoisotopic (exact) mass is 254 g/mol. The molecule has 72 valence electrons. The SMILES string of the molecule is OC1NC=C(Br)N=C1c1cncnc1. The van der Waals surface area contributed by atoms with E-state index in [-0.39, 0.29) is 0 Å². The molecule has 1 aromatic rings. The van der Waals surface area contributed by atoms with Gasteiger partial charge in [0.05, 0.1) is 0 Å². The molecule has 0 aromatic carbocycles. The Bertz CT molecular complexity index is 390. The number of aliphatic hydroxyl groups is 1. The Labute approximate surface area is 88.7 Å². The average Bonchev–Trinajstić information content (AvgIpc) is 2.23. The highest BCUT2D eigenvalue weighted by Crippen LogP contribution is 2.14. The van der Waals surface area contributed by atoms with Crippen LogP contribution < -0.4 is 5.32 Å². The minimum absolute atomic E-state index is 0.500. The van der Waals surface area contributed by atoms with Crippen molar-refractivity contribution in [1.29, 1.82) is 0 Å². The summed E-state index contributed by atoms with van der Waals surface area (Å²) in [6.07, 6.45) is 5.39. The van der Waals surface area contributed by atoms with Crippen molar-refractivity contribution >= 4 is 21.6 Å². The van der Waals surface area contributed by atoms with Gasteiger partial charge in [-0.1, -0.05) is 0 Å². The Morgan fingerprint density at radius 1 is 1.36 bits per heavy atom. The molecule has 2 heterocycles. The number of nitrogens with one attached hydrogen (secondary N) is 1. The van der Waals surface area contributed by atoms with Crippen molar-refractivity contribution in [3.05, 3.63) is 35.1 Å². The molecule has 0 bridgehead atoms. The lowest BCUT2D eigenvalue weighted by molar-refractivity contribution is 0.219. The molecule has 0 amide bonds. The predicted octanol–water partition coefficient (Wildman–Crippen LogP) is 0.381. The van der Waals surface area contributed by atoms with Gasteiger partial charge in [0.15, 0.2) is 6.23 Å². The number of nitrogens with zero attached hydrogens (tertiary/aromatic N) is 3. The minimum atomic E-state index is -0.817. The van der Waals surface area contributed by atoms with Gasteiger partial charge in [-0.3, -0.25) is 0 Å². The molecule has 1 aliphatic heterocycles. The van der Waals surface area contributed by atoms with Crippen LogP contribution in [0.2, 0.25) is 0 Å². The summed E-state index contributed by atoms with van der Waals surface area (Å²) < 4.78 is 0.627. The van der Waals surface area contributed by atoms with Gasteiger partial charge in [0.25, 0.3) is 0 Å². The highest BCUT2D eigenvalue weighted by molar-refractivity contribution is 9.11. The van der Waals surface area contributed by atoms with Crippen molar-refractivity contribution in [2.45, 2.75) is 6.23 Å². The molecule has 0 saturated heterocycles. The highest BCUT2D eigenvalue weighted by Gasteiger charge is 2.17. The number of aliphatic imine (C=N–C) groups is 1. The molecule has 0 aliphatic carbocycles. The second kappa shape index (κ2) is 3.85. The lowest BCUT2D eigenvalue weighted by Gasteiger charge is -2.17. The average molecular weight is 255 g/mol. The van der Waals surface area contributed by atoms with E-state index in [1.807, 2.05) is 0 Å². The maximum atomic E-state index is 9.58. The first kappa shape index (κ1) is 9.29. The van der Waals surface area contributed by atoms with Crippen molar-refractivity contribution in [2.75, 3.05) is 0 Å². The standard InChI is InChI=1S/C8H7BrN4O/c9-6-3-12-8(14)7(13-6)5-1-10-4-11-2-5/h1-4,8,12,14H. The molecule has 2 N–H and O–H groups in total. The summed E-state index contributed by atoms with van der Waals surface area (Å²) in [6, 6.07) is 0.